The SMILES string of the molecule is CSCCOCn1cc(-c2ccccc2)nc1CN. The van der Waals surface area contributed by atoms with Gasteiger partial charge in [0.25, 0.3) is 0 Å². The highest BCUT2D eigenvalue weighted by Gasteiger charge is 2.07. The first-order valence-corrected chi connectivity index (χ1v) is 7.62. The normalized spacial score (nSPS) is 10.8. The Kier molecular flexibility index (Phi) is 5.44. The molecule has 102 valence electrons. The van der Waals surface area contributed by atoms with Crippen molar-refractivity contribution in [1.82, 2.24) is 9.55 Å². The van der Waals surface area contributed by atoms with E-state index in [2.05, 4.69) is 11.2 Å². The molecule has 2 rings (SSSR count). The summed E-state index contributed by atoms with van der Waals surface area (Å²) in [6, 6.07) is 10.1. The van der Waals surface area contributed by atoms with Gasteiger partial charge in [0.15, 0.2) is 0 Å². The topological polar surface area (TPSA) is 53.1 Å². The Morgan fingerprint density at radius 3 is 2.79 bits per heavy atom. The van der Waals surface area contributed by atoms with Gasteiger partial charge in [-0.15, -0.1) is 0 Å². The van der Waals surface area contributed by atoms with Gasteiger partial charge in [-0.2, -0.15) is 11.8 Å². The van der Waals surface area contributed by atoms with Crippen LogP contribution in [0.4, 0.5) is 0 Å². The average molecular weight is 277 g/mol. The number of nitrogens with two attached hydrogens (primary N) is 1. The molecule has 0 aliphatic rings. The Hall–Kier alpha value is -1.30. The van der Waals surface area contributed by atoms with E-state index in [0.717, 1.165) is 29.4 Å². The summed E-state index contributed by atoms with van der Waals surface area (Å²) in [5.74, 6) is 1.85. The van der Waals surface area contributed by atoms with E-state index in [1.807, 2.05) is 41.1 Å². The summed E-state index contributed by atoms with van der Waals surface area (Å²) in [6.07, 6.45) is 4.07. The van der Waals surface area contributed by atoms with Gasteiger partial charge in [-0.25, -0.2) is 4.98 Å². The summed E-state index contributed by atoms with van der Waals surface area (Å²) in [5.41, 5.74) is 7.77. The van der Waals surface area contributed by atoms with Crippen LogP contribution in [0.5, 0.6) is 0 Å². The lowest BCUT2D eigenvalue weighted by Crippen LogP contribution is -2.11. The second-order valence-corrected chi connectivity index (χ2v) is 5.10. The molecule has 0 aliphatic heterocycles. The first-order valence-electron chi connectivity index (χ1n) is 6.23. The van der Waals surface area contributed by atoms with Crippen LogP contribution in [0.1, 0.15) is 5.82 Å². The molecule has 0 aliphatic carbocycles. The Morgan fingerprint density at radius 1 is 1.32 bits per heavy atom. The van der Waals surface area contributed by atoms with Crippen LogP contribution < -0.4 is 5.73 Å². The van der Waals surface area contributed by atoms with Crippen molar-refractivity contribution < 1.29 is 4.74 Å². The maximum Gasteiger partial charge on any atom is 0.125 e. The van der Waals surface area contributed by atoms with E-state index in [1.165, 1.54) is 0 Å². The van der Waals surface area contributed by atoms with Gasteiger partial charge in [0.1, 0.15) is 12.6 Å². The zero-order chi connectivity index (χ0) is 13.5. The number of hydrogen-bond donors (Lipinski definition) is 1. The Labute approximate surface area is 118 Å². The Bertz CT molecular complexity index is 499. The largest absolute Gasteiger partial charge is 0.360 e. The molecule has 0 atom stereocenters. The van der Waals surface area contributed by atoms with Gasteiger partial charge in [0, 0.05) is 17.5 Å². The highest BCUT2D eigenvalue weighted by Crippen LogP contribution is 2.18. The molecule has 4 nitrogen and oxygen atoms in total. The molecule has 0 spiro atoms. The van der Waals surface area contributed by atoms with Crippen LogP contribution in [0.2, 0.25) is 0 Å². The molecule has 19 heavy (non-hydrogen) atoms. The first kappa shape index (κ1) is 14.1. The van der Waals surface area contributed by atoms with E-state index in [-0.39, 0.29) is 0 Å². The number of hydrogen-bond acceptors (Lipinski definition) is 4. The van der Waals surface area contributed by atoms with Crippen molar-refractivity contribution >= 4 is 11.8 Å². The predicted molar refractivity (Wildman–Crippen MR) is 79.9 cm³/mol. The second-order valence-electron chi connectivity index (χ2n) is 4.11. The number of nitrogens with zero attached hydrogens (tertiary/aromatic N) is 2. The van der Waals surface area contributed by atoms with Crippen molar-refractivity contribution in [2.45, 2.75) is 13.3 Å². The zero-order valence-electron chi connectivity index (χ0n) is 11.1. The van der Waals surface area contributed by atoms with Gasteiger partial charge in [-0.3, -0.25) is 0 Å². The second kappa shape index (κ2) is 7.33. The number of imidazole rings is 1. The molecule has 1 heterocycles. The molecule has 1 aromatic heterocycles. The number of ether oxygens (including phenoxy) is 1. The predicted octanol–water partition coefficient (Wildman–Crippen LogP) is 2.35. The molecule has 0 saturated carbocycles. The van der Waals surface area contributed by atoms with E-state index in [0.29, 0.717) is 13.3 Å². The molecule has 5 heteroatoms. The summed E-state index contributed by atoms with van der Waals surface area (Å²) >= 11 is 1.77. The molecular formula is C14H19N3OS. The fourth-order valence-corrected chi connectivity index (χ4v) is 2.07. The van der Waals surface area contributed by atoms with Crippen molar-refractivity contribution in [1.29, 1.82) is 0 Å². The minimum atomic E-state index is 0.415. The average Bonchev–Trinajstić information content (AvgIpc) is 2.88. The lowest BCUT2D eigenvalue weighted by atomic mass is 10.2. The summed E-state index contributed by atoms with van der Waals surface area (Å²) in [7, 11) is 0. The molecule has 0 amide bonds. The van der Waals surface area contributed by atoms with Crippen molar-refractivity contribution in [3.05, 3.63) is 42.4 Å². The molecule has 0 saturated heterocycles. The van der Waals surface area contributed by atoms with Gasteiger partial charge < -0.3 is 15.0 Å². The zero-order valence-corrected chi connectivity index (χ0v) is 11.9. The van der Waals surface area contributed by atoms with E-state index >= 15 is 0 Å². The van der Waals surface area contributed by atoms with Crippen molar-refractivity contribution in [3.8, 4) is 11.3 Å². The molecule has 0 bridgehead atoms. The maximum absolute atomic E-state index is 5.73. The van der Waals surface area contributed by atoms with Gasteiger partial charge in [0.05, 0.1) is 18.8 Å². The van der Waals surface area contributed by atoms with Crippen molar-refractivity contribution in [3.63, 3.8) is 0 Å². The van der Waals surface area contributed by atoms with Gasteiger partial charge in [-0.05, 0) is 6.26 Å². The minimum absolute atomic E-state index is 0.415. The molecule has 0 radical (unpaired) electrons. The number of rotatable bonds is 7. The molecule has 2 aromatic rings. The fourth-order valence-electron chi connectivity index (χ4n) is 1.78. The molecule has 0 fully saturated rings. The Morgan fingerprint density at radius 2 is 2.11 bits per heavy atom. The van der Waals surface area contributed by atoms with E-state index in [1.54, 1.807) is 11.8 Å². The van der Waals surface area contributed by atoms with Crippen LogP contribution >= 0.6 is 11.8 Å². The van der Waals surface area contributed by atoms with Crippen LogP contribution in [0.15, 0.2) is 36.5 Å². The van der Waals surface area contributed by atoms with Crippen LogP contribution in [-0.4, -0.2) is 28.2 Å². The highest BCUT2D eigenvalue weighted by atomic mass is 32.2. The van der Waals surface area contributed by atoms with Crippen LogP contribution in [0.3, 0.4) is 0 Å². The molecule has 2 N–H and O–H groups in total. The van der Waals surface area contributed by atoms with Gasteiger partial charge in [-0.1, -0.05) is 30.3 Å². The number of aromatic nitrogens is 2. The third kappa shape index (κ3) is 3.83. The van der Waals surface area contributed by atoms with E-state index in [4.69, 9.17) is 10.5 Å². The number of benzene rings is 1. The molecular weight excluding hydrogens is 258 g/mol. The third-order valence-electron chi connectivity index (χ3n) is 2.77. The number of thioether (sulfide) groups is 1. The van der Waals surface area contributed by atoms with Crippen LogP contribution in [-0.2, 0) is 18.0 Å². The van der Waals surface area contributed by atoms with Gasteiger partial charge in [0.2, 0.25) is 0 Å². The van der Waals surface area contributed by atoms with Crippen molar-refractivity contribution in [2.75, 3.05) is 18.6 Å². The highest BCUT2D eigenvalue weighted by molar-refractivity contribution is 7.98. The Balaban J connectivity index is 2.09. The van der Waals surface area contributed by atoms with Crippen LogP contribution in [0.25, 0.3) is 11.3 Å². The van der Waals surface area contributed by atoms with Crippen LogP contribution in [0, 0.1) is 0 Å². The minimum Gasteiger partial charge on any atom is -0.360 e. The summed E-state index contributed by atoms with van der Waals surface area (Å²) in [4.78, 5) is 4.55. The summed E-state index contributed by atoms with van der Waals surface area (Å²) in [6.45, 7) is 1.66. The standard InChI is InChI=1S/C14H19N3OS/c1-19-8-7-18-11-17-10-13(16-14(17)9-15)12-5-3-2-4-6-12/h2-6,10H,7-9,11,15H2,1H3. The quantitative estimate of drug-likeness (QED) is 0.789. The first-order chi connectivity index (χ1) is 9.35. The maximum atomic E-state index is 5.73. The van der Waals surface area contributed by atoms with E-state index in [9.17, 15) is 0 Å². The van der Waals surface area contributed by atoms with Crippen molar-refractivity contribution in [2.24, 2.45) is 5.73 Å². The third-order valence-corrected chi connectivity index (χ3v) is 3.35. The summed E-state index contributed by atoms with van der Waals surface area (Å²) in [5, 5.41) is 0. The fraction of sp³-hybridized carbons (Fsp3) is 0.357. The molecule has 1 aromatic carbocycles. The molecule has 0 unspecified atom stereocenters. The summed E-state index contributed by atoms with van der Waals surface area (Å²) < 4.78 is 7.57. The lowest BCUT2D eigenvalue weighted by molar-refractivity contribution is 0.0879. The van der Waals surface area contributed by atoms with E-state index < -0.39 is 0 Å². The monoisotopic (exact) mass is 277 g/mol. The van der Waals surface area contributed by atoms with Gasteiger partial charge >= 0.3 is 0 Å². The smallest absolute Gasteiger partial charge is 0.125 e. The lowest BCUT2D eigenvalue weighted by Gasteiger charge is -2.06.